The van der Waals surface area contributed by atoms with E-state index < -0.39 is 16.5 Å². The highest BCUT2D eigenvalue weighted by Crippen LogP contribution is 2.28. The van der Waals surface area contributed by atoms with Crippen molar-refractivity contribution in [3.63, 3.8) is 0 Å². The van der Waals surface area contributed by atoms with Crippen LogP contribution in [-0.2, 0) is 4.79 Å². The summed E-state index contributed by atoms with van der Waals surface area (Å²) in [6.45, 7) is 3.25. The molecular weight excluding hydrogens is 352 g/mol. The van der Waals surface area contributed by atoms with Crippen LogP contribution in [0.15, 0.2) is 51.7 Å². The first-order valence-electron chi connectivity index (χ1n) is 8.06. The second-order valence-electron chi connectivity index (χ2n) is 5.96. The highest BCUT2D eigenvalue weighted by Gasteiger charge is 2.12. The van der Waals surface area contributed by atoms with Crippen LogP contribution in [0, 0.1) is 24.0 Å². The number of ether oxygens (including phenoxy) is 1. The summed E-state index contributed by atoms with van der Waals surface area (Å²) in [6, 6.07) is 10.5. The predicted octanol–water partition coefficient (Wildman–Crippen LogP) is 3.34. The summed E-state index contributed by atoms with van der Waals surface area (Å²) in [6.07, 6.45) is 0. The summed E-state index contributed by atoms with van der Waals surface area (Å²) in [7, 11) is 0. The van der Waals surface area contributed by atoms with Crippen molar-refractivity contribution < 1.29 is 18.9 Å². The predicted molar refractivity (Wildman–Crippen MR) is 99.2 cm³/mol. The standard InChI is InChI=1S/C19H16N2O6/c1-11-8-18(23)27-19-12(2)16(7-6-15(11)19)26-10-17(22)20-13-4-3-5-14(9-13)21(24)25/h3-9H,10H2,1-2H3,(H,20,22). The van der Waals surface area contributed by atoms with E-state index in [0.717, 1.165) is 10.9 Å². The normalized spacial score (nSPS) is 10.6. The molecule has 0 atom stereocenters. The maximum absolute atomic E-state index is 12.1. The fraction of sp³-hybridized carbons (Fsp3) is 0.158. The van der Waals surface area contributed by atoms with Crippen molar-refractivity contribution in [1.29, 1.82) is 0 Å². The fourth-order valence-electron chi connectivity index (χ4n) is 2.69. The van der Waals surface area contributed by atoms with Crippen molar-refractivity contribution >= 4 is 28.3 Å². The number of nitro groups is 1. The smallest absolute Gasteiger partial charge is 0.336 e. The van der Waals surface area contributed by atoms with Crippen molar-refractivity contribution in [3.8, 4) is 5.75 Å². The van der Waals surface area contributed by atoms with Crippen LogP contribution in [0.25, 0.3) is 11.0 Å². The number of nitrogens with one attached hydrogen (secondary N) is 1. The Kier molecular flexibility index (Phi) is 4.89. The second kappa shape index (κ2) is 7.28. The van der Waals surface area contributed by atoms with Gasteiger partial charge in [-0.3, -0.25) is 14.9 Å². The number of fused-ring (bicyclic) bond motifs is 1. The average Bonchev–Trinajstić information content (AvgIpc) is 2.62. The van der Waals surface area contributed by atoms with Crippen LogP contribution in [0.4, 0.5) is 11.4 Å². The minimum atomic E-state index is -0.541. The van der Waals surface area contributed by atoms with Gasteiger partial charge in [-0.2, -0.15) is 0 Å². The Morgan fingerprint density at radius 2 is 2.00 bits per heavy atom. The molecule has 1 amide bonds. The summed E-state index contributed by atoms with van der Waals surface area (Å²) >= 11 is 0. The lowest BCUT2D eigenvalue weighted by Gasteiger charge is -2.11. The van der Waals surface area contributed by atoms with Gasteiger partial charge >= 0.3 is 5.63 Å². The molecule has 2 aromatic carbocycles. The second-order valence-corrected chi connectivity index (χ2v) is 5.96. The molecule has 0 fully saturated rings. The molecule has 0 bridgehead atoms. The van der Waals surface area contributed by atoms with Gasteiger partial charge in [0.25, 0.3) is 11.6 Å². The van der Waals surface area contributed by atoms with Crippen molar-refractivity contribution in [3.05, 3.63) is 74.1 Å². The van der Waals surface area contributed by atoms with Crippen LogP contribution in [-0.4, -0.2) is 17.4 Å². The van der Waals surface area contributed by atoms with Gasteiger partial charge in [0.2, 0.25) is 0 Å². The van der Waals surface area contributed by atoms with Crippen LogP contribution >= 0.6 is 0 Å². The largest absolute Gasteiger partial charge is 0.483 e. The van der Waals surface area contributed by atoms with Crippen LogP contribution in [0.1, 0.15) is 11.1 Å². The van der Waals surface area contributed by atoms with Crippen molar-refractivity contribution in [2.45, 2.75) is 13.8 Å². The van der Waals surface area contributed by atoms with Gasteiger partial charge in [0.1, 0.15) is 11.3 Å². The van der Waals surface area contributed by atoms with Gasteiger partial charge in [-0.1, -0.05) is 6.07 Å². The molecule has 3 rings (SSSR count). The number of nitro benzene ring substituents is 1. The lowest BCUT2D eigenvalue weighted by atomic mass is 10.1. The summed E-state index contributed by atoms with van der Waals surface area (Å²) < 4.78 is 10.8. The Bertz CT molecular complexity index is 1100. The molecule has 138 valence electrons. The van der Waals surface area contributed by atoms with E-state index in [0.29, 0.717) is 22.6 Å². The highest BCUT2D eigenvalue weighted by molar-refractivity contribution is 5.92. The van der Waals surface area contributed by atoms with Crippen molar-refractivity contribution in [2.24, 2.45) is 0 Å². The van der Waals surface area contributed by atoms with E-state index in [1.165, 1.54) is 24.3 Å². The van der Waals surface area contributed by atoms with E-state index in [2.05, 4.69) is 5.32 Å². The molecule has 0 radical (unpaired) electrons. The first-order chi connectivity index (χ1) is 12.8. The topological polar surface area (TPSA) is 112 Å². The molecular formula is C19H16N2O6. The molecule has 0 spiro atoms. The number of nitrogens with zero attached hydrogens (tertiary/aromatic N) is 1. The van der Waals surface area contributed by atoms with E-state index >= 15 is 0 Å². The van der Waals surface area contributed by atoms with E-state index in [-0.39, 0.29) is 12.3 Å². The molecule has 0 saturated carbocycles. The molecule has 8 heteroatoms. The Hall–Kier alpha value is -3.68. The lowest BCUT2D eigenvalue weighted by molar-refractivity contribution is -0.384. The summed E-state index contributed by atoms with van der Waals surface area (Å²) in [4.78, 5) is 33.9. The molecule has 8 nitrogen and oxygen atoms in total. The lowest BCUT2D eigenvalue weighted by Crippen LogP contribution is -2.20. The molecule has 1 N–H and O–H groups in total. The molecule has 27 heavy (non-hydrogen) atoms. The van der Waals surface area contributed by atoms with Crippen LogP contribution < -0.4 is 15.7 Å². The molecule has 0 unspecified atom stereocenters. The molecule has 1 heterocycles. The molecule has 1 aromatic heterocycles. The Morgan fingerprint density at radius 1 is 1.22 bits per heavy atom. The highest BCUT2D eigenvalue weighted by atomic mass is 16.6. The molecule has 0 aliphatic heterocycles. The van der Waals surface area contributed by atoms with Crippen molar-refractivity contribution in [2.75, 3.05) is 11.9 Å². The van der Waals surface area contributed by atoms with Crippen molar-refractivity contribution in [1.82, 2.24) is 0 Å². The quantitative estimate of drug-likeness (QED) is 0.420. The Morgan fingerprint density at radius 3 is 2.74 bits per heavy atom. The zero-order chi connectivity index (χ0) is 19.6. The molecule has 0 saturated heterocycles. The molecule has 3 aromatic rings. The van der Waals surface area contributed by atoms with Crippen LogP contribution in [0.2, 0.25) is 0 Å². The van der Waals surface area contributed by atoms with Gasteiger partial charge in [0, 0.05) is 34.8 Å². The maximum atomic E-state index is 12.1. The third-order valence-corrected chi connectivity index (χ3v) is 4.02. The first-order valence-corrected chi connectivity index (χ1v) is 8.06. The van der Waals surface area contributed by atoms with E-state index in [9.17, 15) is 19.7 Å². The van der Waals surface area contributed by atoms with Gasteiger partial charge in [-0.25, -0.2) is 4.79 Å². The number of hydrogen-bond donors (Lipinski definition) is 1. The Labute approximate surface area is 153 Å². The van der Waals surface area contributed by atoms with Crippen LogP contribution in [0.3, 0.4) is 0 Å². The third-order valence-electron chi connectivity index (χ3n) is 4.02. The monoisotopic (exact) mass is 368 g/mol. The minimum Gasteiger partial charge on any atom is -0.483 e. The number of benzene rings is 2. The van der Waals surface area contributed by atoms with Crippen LogP contribution in [0.5, 0.6) is 5.75 Å². The van der Waals surface area contributed by atoms with Gasteiger partial charge in [-0.15, -0.1) is 0 Å². The van der Waals surface area contributed by atoms with Gasteiger partial charge in [0.05, 0.1) is 4.92 Å². The summed E-state index contributed by atoms with van der Waals surface area (Å²) in [5.41, 5.74) is 1.54. The van der Waals surface area contributed by atoms with E-state index in [1.807, 2.05) is 6.92 Å². The van der Waals surface area contributed by atoms with E-state index in [1.54, 1.807) is 25.1 Å². The number of aryl methyl sites for hydroxylation is 2. The van der Waals surface area contributed by atoms with Gasteiger partial charge in [-0.05, 0) is 37.6 Å². The average molecular weight is 368 g/mol. The fourth-order valence-corrected chi connectivity index (χ4v) is 2.69. The van der Waals surface area contributed by atoms with Gasteiger partial charge in [0.15, 0.2) is 6.61 Å². The minimum absolute atomic E-state index is 0.121. The summed E-state index contributed by atoms with van der Waals surface area (Å²) in [5.74, 6) is -0.0638. The number of carbonyl (C=O) groups is 1. The van der Waals surface area contributed by atoms with Gasteiger partial charge < -0.3 is 14.5 Å². The number of carbonyl (C=O) groups excluding carboxylic acids is 1. The Balaban J connectivity index is 1.74. The number of hydrogen-bond acceptors (Lipinski definition) is 6. The number of rotatable bonds is 5. The summed E-state index contributed by atoms with van der Waals surface area (Å²) in [5, 5.41) is 14.1. The van der Waals surface area contributed by atoms with E-state index in [4.69, 9.17) is 9.15 Å². The SMILES string of the molecule is Cc1cc(=O)oc2c(C)c(OCC(=O)Nc3cccc([N+](=O)[O-])c3)ccc12. The molecule has 0 aliphatic rings. The first kappa shape index (κ1) is 18.1. The number of non-ortho nitro benzene ring substituents is 1. The zero-order valence-corrected chi connectivity index (χ0v) is 14.6. The maximum Gasteiger partial charge on any atom is 0.336 e. The number of amides is 1. The third kappa shape index (κ3) is 3.95. The number of anilines is 1. The molecule has 0 aliphatic carbocycles. The zero-order valence-electron chi connectivity index (χ0n) is 14.6.